The molecule has 1 aromatic carbocycles. The van der Waals surface area contributed by atoms with Crippen molar-refractivity contribution >= 4 is 22.6 Å². The summed E-state index contributed by atoms with van der Waals surface area (Å²) in [6.45, 7) is 0.665. The van der Waals surface area contributed by atoms with Crippen molar-refractivity contribution in [3.63, 3.8) is 0 Å². The summed E-state index contributed by atoms with van der Waals surface area (Å²) in [6.07, 6.45) is 4.25. The van der Waals surface area contributed by atoms with Crippen molar-refractivity contribution in [1.82, 2.24) is 19.3 Å². The largest absolute Gasteiger partial charge is 0.352 e. The van der Waals surface area contributed by atoms with Crippen molar-refractivity contribution in [3.05, 3.63) is 82.7 Å². The van der Waals surface area contributed by atoms with Crippen LogP contribution in [0.4, 0.5) is 4.39 Å². The number of nitrogens with one attached hydrogen (secondary N) is 1. The second-order valence-corrected chi connectivity index (χ2v) is 6.58. The molecule has 0 saturated carbocycles. The summed E-state index contributed by atoms with van der Waals surface area (Å²) in [5.41, 5.74) is 2.60. The molecule has 0 fully saturated rings. The number of carbonyl (C=O) groups is 1. The van der Waals surface area contributed by atoms with Gasteiger partial charge >= 0.3 is 0 Å². The normalized spacial score (nSPS) is 11.2. The Bertz CT molecular complexity index is 1210. The van der Waals surface area contributed by atoms with Gasteiger partial charge in [-0.3, -0.25) is 14.2 Å². The minimum atomic E-state index is -0.328. The van der Waals surface area contributed by atoms with Crippen LogP contribution in [-0.2, 0) is 17.9 Å². The van der Waals surface area contributed by atoms with Gasteiger partial charge in [0.15, 0.2) is 5.65 Å². The van der Waals surface area contributed by atoms with Crippen LogP contribution in [0.25, 0.3) is 16.7 Å². The number of hydrogen-bond donors (Lipinski definition) is 1. The van der Waals surface area contributed by atoms with Gasteiger partial charge in [0.2, 0.25) is 5.91 Å². The van der Waals surface area contributed by atoms with E-state index in [0.717, 1.165) is 5.52 Å². The maximum Gasteiger partial charge on any atom is 0.276 e. The fourth-order valence-electron chi connectivity index (χ4n) is 3.33. The number of rotatable bonds is 6. The monoisotopic (exact) mass is 378 g/mol. The maximum absolute atomic E-state index is 13.2. The molecule has 4 rings (SSSR count). The van der Waals surface area contributed by atoms with E-state index in [-0.39, 0.29) is 30.2 Å². The van der Waals surface area contributed by atoms with Gasteiger partial charge in [0.1, 0.15) is 11.3 Å². The maximum atomic E-state index is 13.2. The molecule has 142 valence electrons. The third-order valence-electron chi connectivity index (χ3n) is 4.66. The van der Waals surface area contributed by atoms with Gasteiger partial charge in [0.05, 0.1) is 5.52 Å². The summed E-state index contributed by atoms with van der Waals surface area (Å²) in [5, 5.41) is 2.78. The molecule has 0 spiro atoms. The third kappa shape index (κ3) is 3.51. The van der Waals surface area contributed by atoms with E-state index in [4.69, 9.17) is 0 Å². The Morgan fingerprint density at radius 2 is 1.96 bits per heavy atom. The van der Waals surface area contributed by atoms with E-state index in [0.29, 0.717) is 29.7 Å². The molecule has 0 saturated heterocycles. The first-order chi connectivity index (χ1) is 13.6. The number of fused-ring (bicyclic) bond motifs is 3. The lowest BCUT2D eigenvalue weighted by molar-refractivity contribution is -0.121. The lowest BCUT2D eigenvalue weighted by Crippen LogP contribution is -2.26. The minimum absolute atomic E-state index is 0.128. The number of halogens is 1. The van der Waals surface area contributed by atoms with Crippen molar-refractivity contribution in [1.29, 1.82) is 0 Å². The van der Waals surface area contributed by atoms with Gasteiger partial charge in [0.25, 0.3) is 5.56 Å². The molecule has 0 aliphatic rings. The Hall–Kier alpha value is -3.48. The van der Waals surface area contributed by atoms with E-state index in [9.17, 15) is 14.0 Å². The van der Waals surface area contributed by atoms with Gasteiger partial charge in [-0.1, -0.05) is 12.1 Å². The van der Waals surface area contributed by atoms with Crippen LogP contribution < -0.4 is 10.9 Å². The Morgan fingerprint density at radius 1 is 1.11 bits per heavy atom. The summed E-state index contributed by atoms with van der Waals surface area (Å²) in [5.74, 6) is -0.468. The van der Waals surface area contributed by atoms with Gasteiger partial charge in [-0.15, -0.1) is 0 Å². The Balaban J connectivity index is 1.44. The highest BCUT2D eigenvalue weighted by Crippen LogP contribution is 2.13. The van der Waals surface area contributed by atoms with E-state index >= 15 is 0 Å². The second-order valence-electron chi connectivity index (χ2n) is 6.58. The van der Waals surface area contributed by atoms with Crippen LogP contribution in [-0.4, -0.2) is 19.9 Å². The molecule has 0 aliphatic carbocycles. The lowest BCUT2D eigenvalue weighted by atomic mass is 10.2. The van der Waals surface area contributed by atoms with Gasteiger partial charge < -0.3 is 9.72 Å². The van der Waals surface area contributed by atoms with Gasteiger partial charge in [-0.25, -0.2) is 9.37 Å². The van der Waals surface area contributed by atoms with Crippen molar-refractivity contribution in [3.8, 4) is 0 Å². The fraction of sp³-hybridized carbons (Fsp3) is 0.190. The molecular weight excluding hydrogens is 359 g/mol. The minimum Gasteiger partial charge on any atom is -0.352 e. The molecule has 0 unspecified atom stereocenters. The summed E-state index contributed by atoms with van der Waals surface area (Å²) in [6, 6.07) is 13.5. The van der Waals surface area contributed by atoms with Gasteiger partial charge in [-0.2, -0.15) is 0 Å². The van der Waals surface area contributed by atoms with E-state index in [1.54, 1.807) is 29.0 Å². The molecule has 0 aliphatic heterocycles. The van der Waals surface area contributed by atoms with Gasteiger partial charge in [0, 0.05) is 31.9 Å². The van der Waals surface area contributed by atoms with Crippen molar-refractivity contribution in [2.24, 2.45) is 0 Å². The zero-order chi connectivity index (χ0) is 19.5. The molecular formula is C21H19FN4O2. The number of aryl methyl sites for hydroxylation is 1. The lowest BCUT2D eigenvalue weighted by Gasteiger charge is -2.11. The van der Waals surface area contributed by atoms with Crippen LogP contribution in [0, 0.1) is 5.82 Å². The number of nitrogens with zero attached hydrogens (tertiary/aromatic N) is 3. The standard InChI is InChI=1S/C21H19FN4O2/c22-16-6-1-5-15(13-16)14-24-19(27)9-4-12-26-20-17(7-2-10-23-20)25-11-3-8-18(25)21(26)28/h1-3,5-8,10-11,13H,4,9,12,14H2,(H,24,27). The topological polar surface area (TPSA) is 68.4 Å². The van der Waals surface area contributed by atoms with Crippen LogP contribution in [0.1, 0.15) is 18.4 Å². The fourth-order valence-corrected chi connectivity index (χ4v) is 3.33. The number of aromatic nitrogens is 3. The van der Waals surface area contributed by atoms with Crippen molar-refractivity contribution < 1.29 is 9.18 Å². The Morgan fingerprint density at radius 3 is 2.82 bits per heavy atom. The number of carbonyl (C=O) groups excluding carboxylic acids is 1. The summed E-state index contributed by atoms with van der Waals surface area (Å²) in [7, 11) is 0. The molecule has 0 radical (unpaired) electrons. The van der Waals surface area contributed by atoms with Crippen LogP contribution in [0.15, 0.2) is 65.7 Å². The first-order valence-electron chi connectivity index (χ1n) is 9.09. The third-order valence-corrected chi connectivity index (χ3v) is 4.66. The van der Waals surface area contributed by atoms with Crippen molar-refractivity contribution in [2.75, 3.05) is 0 Å². The number of benzene rings is 1. The highest BCUT2D eigenvalue weighted by atomic mass is 19.1. The Labute approximate surface area is 160 Å². The summed E-state index contributed by atoms with van der Waals surface area (Å²) >= 11 is 0. The zero-order valence-corrected chi connectivity index (χ0v) is 15.1. The molecule has 28 heavy (non-hydrogen) atoms. The molecule has 1 amide bonds. The van der Waals surface area contributed by atoms with E-state index in [1.165, 1.54) is 12.1 Å². The predicted molar refractivity (Wildman–Crippen MR) is 104 cm³/mol. The van der Waals surface area contributed by atoms with E-state index in [1.807, 2.05) is 28.8 Å². The molecule has 1 N–H and O–H groups in total. The average molecular weight is 378 g/mol. The molecule has 7 heteroatoms. The van der Waals surface area contributed by atoms with Crippen LogP contribution in [0.2, 0.25) is 0 Å². The first-order valence-corrected chi connectivity index (χ1v) is 9.09. The zero-order valence-electron chi connectivity index (χ0n) is 15.1. The second kappa shape index (κ2) is 7.64. The molecule has 3 aromatic heterocycles. The SMILES string of the molecule is O=C(CCCn1c(=O)c2cccn2c2cccnc21)NCc1cccc(F)c1. The molecule has 3 heterocycles. The number of hydrogen-bond acceptors (Lipinski definition) is 3. The molecule has 4 aromatic rings. The van der Waals surface area contributed by atoms with Gasteiger partial charge in [-0.05, 0) is 48.4 Å². The summed E-state index contributed by atoms with van der Waals surface area (Å²) < 4.78 is 16.6. The van der Waals surface area contributed by atoms with E-state index < -0.39 is 0 Å². The molecule has 6 nitrogen and oxygen atoms in total. The average Bonchev–Trinajstić information content (AvgIpc) is 3.19. The van der Waals surface area contributed by atoms with E-state index in [2.05, 4.69) is 10.3 Å². The molecule has 0 atom stereocenters. The van der Waals surface area contributed by atoms with Crippen LogP contribution >= 0.6 is 0 Å². The predicted octanol–water partition coefficient (Wildman–Crippen LogP) is 2.88. The highest BCUT2D eigenvalue weighted by molar-refractivity contribution is 5.76. The number of pyridine rings is 1. The van der Waals surface area contributed by atoms with Crippen molar-refractivity contribution in [2.45, 2.75) is 25.9 Å². The first kappa shape index (κ1) is 17.9. The summed E-state index contributed by atoms with van der Waals surface area (Å²) in [4.78, 5) is 29.2. The molecule has 0 bridgehead atoms. The number of amides is 1. The van der Waals surface area contributed by atoms with Crippen LogP contribution in [0.3, 0.4) is 0 Å². The Kier molecular flexibility index (Phi) is 4.89. The van der Waals surface area contributed by atoms with Crippen LogP contribution in [0.5, 0.6) is 0 Å². The smallest absolute Gasteiger partial charge is 0.276 e. The highest BCUT2D eigenvalue weighted by Gasteiger charge is 2.11. The quantitative estimate of drug-likeness (QED) is 0.561.